The molecule has 0 radical (unpaired) electrons. The molecule has 0 aromatic heterocycles. The lowest BCUT2D eigenvalue weighted by Crippen LogP contribution is -2.52. The third kappa shape index (κ3) is 4.94. The van der Waals surface area contributed by atoms with Crippen molar-refractivity contribution in [1.82, 2.24) is 10.6 Å². The maximum absolute atomic E-state index is 11.4. The molecule has 0 heterocycles. The van der Waals surface area contributed by atoms with Crippen LogP contribution in [0, 0.1) is 0 Å². The van der Waals surface area contributed by atoms with E-state index < -0.39 is 5.60 Å². The Balaban J connectivity index is 2.10. The van der Waals surface area contributed by atoms with Crippen LogP contribution in [0.5, 0.6) is 0 Å². The standard InChI is InChI=1S/C13H26N2O2/c1-5-13(7-6-8-13)15-10-9-14-11(16)17-12(2,3)4/h15H,5-10H2,1-4H3,(H,14,16). The monoisotopic (exact) mass is 242 g/mol. The molecule has 0 spiro atoms. The Morgan fingerprint density at radius 3 is 2.35 bits per heavy atom. The van der Waals surface area contributed by atoms with Crippen molar-refractivity contribution >= 4 is 6.09 Å². The van der Waals surface area contributed by atoms with Gasteiger partial charge in [-0.3, -0.25) is 0 Å². The lowest BCUT2D eigenvalue weighted by Gasteiger charge is -2.42. The van der Waals surface area contributed by atoms with Gasteiger partial charge in [0.05, 0.1) is 0 Å². The van der Waals surface area contributed by atoms with Crippen molar-refractivity contribution in [2.45, 2.75) is 64.5 Å². The molecule has 1 aliphatic carbocycles. The molecule has 1 rings (SSSR count). The highest BCUT2D eigenvalue weighted by Gasteiger charge is 2.33. The predicted molar refractivity (Wildman–Crippen MR) is 69.1 cm³/mol. The van der Waals surface area contributed by atoms with Gasteiger partial charge in [-0.2, -0.15) is 0 Å². The van der Waals surface area contributed by atoms with Crippen LogP contribution < -0.4 is 10.6 Å². The third-order valence-corrected chi connectivity index (χ3v) is 3.28. The molecule has 0 unspecified atom stereocenters. The first-order valence-electron chi connectivity index (χ1n) is 6.59. The fraction of sp³-hybridized carbons (Fsp3) is 0.923. The summed E-state index contributed by atoms with van der Waals surface area (Å²) in [6.07, 6.45) is 4.67. The summed E-state index contributed by atoms with van der Waals surface area (Å²) < 4.78 is 5.16. The van der Waals surface area contributed by atoms with Crippen LogP contribution in [0.25, 0.3) is 0 Å². The first kappa shape index (κ1) is 14.3. The second kappa shape index (κ2) is 5.71. The highest BCUT2D eigenvalue weighted by Crippen LogP contribution is 2.34. The summed E-state index contributed by atoms with van der Waals surface area (Å²) in [7, 11) is 0. The summed E-state index contributed by atoms with van der Waals surface area (Å²) >= 11 is 0. The maximum Gasteiger partial charge on any atom is 0.407 e. The largest absolute Gasteiger partial charge is 0.444 e. The fourth-order valence-electron chi connectivity index (χ4n) is 2.07. The van der Waals surface area contributed by atoms with Gasteiger partial charge in [0.1, 0.15) is 5.60 Å². The van der Waals surface area contributed by atoms with Gasteiger partial charge in [-0.25, -0.2) is 4.79 Å². The molecular weight excluding hydrogens is 216 g/mol. The second-order valence-corrected chi connectivity index (χ2v) is 5.84. The van der Waals surface area contributed by atoms with E-state index in [1.165, 1.54) is 25.7 Å². The third-order valence-electron chi connectivity index (χ3n) is 3.28. The molecule has 4 nitrogen and oxygen atoms in total. The SMILES string of the molecule is CCC1(NCCNC(=O)OC(C)(C)C)CCC1. The predicted octanol–water partition coefficient (Wildman–Crippen LogP) is 2.43. The van der Waals surface area contributed by atoms with Crippen LogP contribution >= 0.6 is 0 Å². The highest BCUT2D eigenvalue weighted by molar-refractivity contribution is 5.67. The van der Waals surface area contributed by atoms with Crippen molar-refractivity contribution in [2.75, 3.05) is 13.1 Å². The van der Waals surface area contributed by atoms with E-state index >= 15 is 0 Å². The molecule has 0 aromatic rings. The van der Waals surface area contributed by atoms with Gasteiger partial charge >= 0.3 is 6.09 Å². The minimum Gasteiger partial charge on any atom is -0.444 e. The Morgan fingerprint density at radius 2 is 1.94 bits per heavy atom. The summed E-state index contributed by atoms with van der Waals surface area (Å²) in [6, 6.07) is 0. The van der Waals surface area contributed by atoms with Crippen LogP contribution in [0.2, 0.25) is 0 Å². The lowest BCUT2D eigenvalue weighted by molar-refractivity contribution is 0.0525. The summed E-state index contributed by atoms with van der Waals surface area (Å²) in [5.41, 5.74) is -0.0776. The molecule has 1 fully saturated rings. The van der Waals surface area contributed by atoms with E-state index in [0.29, 0.717) is 12.1 Å². The van der Waals surface area contributed by atoms with E-state index in [2.05, 4.69) is 17.6 Å². The Morgan fingerprint density at radius 1 is 1.29 bits per heavy atom. The van der Waals surface area contributed by atoms with Gasteiger partial charge in [-0.15, -0.1) is 0 Å². The molecule has 1 saturated carbocycles. The number of hydrogen-bond donors (Lipinski definition) is 2. The zero-order chi connectivity index (χ0) is 12.9. The second-order valence-electron chi connectivity index (χ2n) is 5.84. The van der Waals surface area contributed by atoms with Crippen LogP contribution in [-0.4, -0.2) is 30.3 Å². The molecule has 0 atom stereocenters. The van der Waals surface area contributed by atoms with Crippen molar-refractivity contribution < 1.29 is 9.53 Å². The van der Waals surface area contributed by atoms with E-state index in [1.807, 2.05) is 20.8 Å². The van der Waals surface area contributed by atoms with Crippen molar-refractivity contribution in [1.29, 1.82) is 0 Å². The number of nitrogens with one attached hydrogen (secondary N) is 2. The zero-order valence-electron chi connectivity index (χ0n) is 11.6. The summed E-state index contributed by atoms with van der Waals surface area (Å²) in [6.45, 7) is 9.25. The van der Waals surface area contributed by atoms with Crippen LogP contribution in [0.4, 0.5) is 4.79 Å². The zero-order valence-corrected chi connectivity index (χ0v) is 11.6. The van der Waals surface area contributed by atoms with Gasteiger partial charge in [0.25, 0.3) is 0 Å². The maximum atomic E-state index is 11.4. The van der Waals surface area contributed by atoms with E-state index in [9.17, 15) is 4.79 Å². The lowest BCUT2D eigenvalue weighted by atomic mass is 9.75. The van der Waals surface area contributed by atoms with Crippen molar-refractivity contribution in [2.24, 2.45) is 0 Å². The normalized spacial score (nSPS) is 18.4. The number of ether oxygens (including phenoxy) is 1. The van der Waals surface area contributed by atoms with Crippen molar-refractivity contribution in [3.05, 3.63) is 0 Å². The summed E-state index contributed by atoms with van der Waals surface area (Å²) in [5.74, 6) is 0. The molecule has 4 heteroatoms. The van der Waals surface area contributed by atoms with E-state index in [4.69, 9.17) is 4.74 Å². The molecule has 1 amide bonds. The van der Waals surface area contributed by atoms with E-state index in [1.54, 1.807) is 0 Å². The molecule has 1 aliphatic rings. The molecule has 17 heavy (non-hydrogen) atoms. The van der Waals surface area contributed by atoms with E-state index in [-0.39, 0.29) is 6.09 Å². The first-order valence-corrected chi connectivity index (χ1v) is 6.59. The number of alkyl carbamates (subject to hydrolysis) is 1. The number of carbonyl (C=O) groups excluding carboxylic acids is 1. The Hall–Kier alpha value is -0.770. The van der Waals surface area contributed by atoms with Crippen LogP contribution in [0.3, 0.4) is 0 Å². The molecule has 0 aromatic carbocycles. The molecule has 0 aliphatic heterocycles. The summed E-state index contributed by atoms with van der Waals surface area (Å²) in [5, 5.41) is 6.29. The van der Waals surface area contributed by atoms with Crippen molar-refractivity contribution in [3.63, 3.8) is 0 Å². The molecule has 2 N–H and O–H groups in total. The van der Waals surface area contributed by atoms with Crippen LogP contribution in [0.15, 0.2) is 0 Å². The summed E-state index contributed by atoms with van der Waals surface area (Å²) in [4.78, 5) is 11.4. The Kier molecular flexibility index (Phi) is 4.80. The fourth-order valence-corrected chi connectivity index (χ4v) is 2.07. The Labute approximate surface area is 104 Å². The first-order chi connectivity index (χ1) is 7.87. The molecule has 0 saturated heterocycles. The van der Waals surface area contributed by atoms with E-state index in [0.717, 1.165) is 6.54 Å². The highest BCUT2D eigenvalue weighted by atomic mass is 16.6. The minimum absolute atomic E-state index is 0.335. The molecule has 0 bridgehead atoms. The van der Waals surface area contributed by atoms with Crippen LogP contribution in [0.1, 0.15) is 53.4 Å². The average molecular weight is 242 g/mol. The van der Waals surface area contributed by atoms with Gasteiger partial charge in [-0.05, 0) is 46.5 Å². The topological polar surface area (TPSA) is 50.4 Å². The average Bonchev–Trinajstić information content (AvgIpc) is 2.13. The van der Waals surface area contributed by atoms with Gasteiger partial charge in [-0.1, -0.05) is 6.92 Å². The number of rotatable bonds is 5. The van der Waals surface area contributed by atoms with Gasteiger partial charge in [0.15, 0.2) is 0 Å². The minimum atomic E-state index is -0.421. The quantitative estimate of drug-likeness (QED) is 0.728. The van der Waals surface area contributed by atoms with Gasteiger partial charge < -0.3 is 15.4 Å². The molecular formula is C13H26N2O2. The number of amides is 1. The number of hydrogen-bond acceptors (Lipinski definition) is 3. The Bertz CT molecular complexity index is 249. The number of carbonyl (C=O) groups is 1. The smallest absolute Gasteiger partial charge is 0.407 e. The van der Waals surface area contributed by atoms with Gasteiger partial charge in [0, 0.05) is 18.6 Å². The van der Waals surface area contributed by atoms with Crippen LogP contribution in [-0.2, 0) is 4.74 Å². The van der Waals surface area contributed by atoms with Crippen molar-refractivity contribution in [3.8, 4) is 0 Å². The molecule has 100 valence electrons. The van der Waals surface area contributed by atoms with Gasteiger partial charge in [0.2, 0.25) is 0 Å².